The number of nitrogens with zero attached hydrogens (tertiary/aromatic N) is 1. The Kier molecular flexibility index (Phi) is 4.47. The van der Waals surface area contributed by atoms with Crippen LogP contribution in [0.2, 0.25) is 0 Å². The summed E-state index contributed by atoms with van der Waals surface area (Å²) in [6, 6.07) is 3.22. The summed E-state index contributed by atoms with van der Waals surface area (Å²) in [5.74, 6) is 0.632. The standard InChI is InChI=1S/C11H19N3O2S/c1-8(7-12)9(2)14-11-10(17(3,15)16)5-4-6-13-11/h4-6,8-9H,7,12H2,1-3H3,(H,13,14). The van der Waals surface area contributed by atoms with Crippen LogP contribution in [0.1, 0.15) is 13.8 Å². The van der Waals surface area contributed by atoms with Crippen molar-refractivity contribution >= 4 is 15.7 Å². The fourth-order valence-corrected chi connectivity index (χ4v) is 2.15. The third kappa shape index (κ3) is 3.67. The van der Waals surface area contributed by atoms with Crippen molar-refractivity contribution in [3.63, 3.8) is 0 Å². The quantitative estimate of drug-likeness (QED) is 0.818. The lowest BCUT2D eigenvalue weighted by atomic mass is 10.0. The van der Waals surface area contributed by atoms with E-state index in [1.807, 2.05) is 13.8 Å². The Morgan fingerprint density at radius 1 is 1.47 bits per heavy atom. The molecule has 1 aromatic heterocycles. The summed E-state index contributed by atoms with van der Waals surface area (Å²) in [7, 11) is -3.27. The zero-order valence-electron chi connectivity index (χ0n) is 10.3. The molecule has 0 aliphatic carbocycles. The molecule has 0 spiro atoms. The highest BCUT2D eigenvalue weighted by Crippen LogP contribution is 2.19. The first-order valence-corrected chi connectivity index (χ1v) is 7.37. The molecular formula is C11H19N3O2S. The molecule has 0 aliphatic heterocycles. The van der Waals surface area contributed by atoms with Crippen molar-refractivity contribution in [2.24, 2.45) is 11.7 Å². The minimum atomic E-state index is -3.27. The predicted octanol–water partition coefficient (Wildman–Crippen LogP) is 0.880. The minimum Gasteiger partial charge on any atom is -0.366 e. The molecule has 0 fully saturated rings. The van der Waals surface area contributed by atoms with Gasteiger partial charge >= 0.3 is 0 Å². The SMILES string of the molecule is CC(CN)C(C)Nc1ncccc1S(C)(=O)=O. The molecule has 96 valence electrons. The van der Waals surface area contributed by atoms with Gasteiger partial charge in [-0.25, -0.2) is 13.4 Å². The van der Waals surface area contributed by atoms with Gasteiger partial charge in [-0.1, -0.05) is 6.92 Å². The van der Waals surface area contributed by atoms with E-state index in [9.17, 15) is 8.42 Å². The lowest BCUT2D eigenvalue weighted by molar-refractivity contribution is 0.519. The average Bonchev–Trinajstić information content (AvgIpc) is 2.27. The third-order valence-corrected chi connectivity index (χ3v) is 3.89. The largest absolute Gasteiger partial charge is 0.366 e. The fourth-order valence-electron chi connectivity index (χ4n) is 1.36. The maximum Gasteiger partial charge on any atom is 0.179 e. The molecular weight excluding hydrogens is 238 g/mol. The molecule has 17 heavy (non-hydrogen) atoms. The van der Waals surface area contributed by atoms with Crippen molar-refractivity contribution < 1.29 is 8.42 Å². The lowest BCUT2D eigenvalue weighted by Crippen LogP contribution is -2.30. The van der Waals surface area contributed by atoms with E-state index in [1.54, 1.807) is 18.3 Å². The smallest absolute Gasteiger partial charge is 0.179 e. The highest BCUT2D eigenvalue weighted by Gasteiger charge is 2.17. The molecule has 0 aromatic carbocycles. The van der Waals surface area contributed by atoms with Gasteiger partial charge in [0.2, 0.25) is 0 Å². The first-order valence-electron chi connectivity index (χ1n) is 5.48. The van der Waals surface area contributed by atoms with E-state index in [2.05, 4.69) is 10.3 Å². The van der Waals surface area contributed by atoms with E-state index in [4.69, 9.17) is 5.73 Å². The van der Waals surface area contributed by atoms with Crippen molar-refractivity contribution in [1.82, 2.24) is 4.98 Å². The molecule has 5 nitrogen and oxygen atoms in total. The van der Waals surface area contributed by atoms with Crippen molar-refractivity contribution in [3.05, 3.63) is 18.3 Å². The molecule has 1 aromatic rings. The van der Waals surface area contributed by atoms with Gasteiger partial charge in [-0.2, -0.15) is 0 Å². The number of nitrogens with two attached hydrogens (primary N) is 1. The Morgan fingerprint density at radius 2 is 2.12 bits per heavy atom. The zero-order chi connectivity index (χ0) is 13.1. The molecule has 0 aliphatic rings. The fraction of sp³-hybridized carbons (Fsp3) is 0.545. The molecule has 6 heteroatoms. The van der Waals surface area contributed by atoms with E-state index >= 15 is 0 Å². The molecule has 1 heterocycles. The second kappa shape index (κ2) is 5.46. The van der Waals surface area contributed by atoms with Gasteiger partial charge in [-0.15, -0.1) is 0 Å². The van der Waals surface area contributed by atoms with Crippen molar-refractivity contribution in [3.8, 4) is 0 Å². The molecule has 3 N–H and O–H groups in total. The number of aromatic nitrogens is 1. The van der Waals surface area contributed by atoms with Crippen molar-refractivity contribution in [1.29, 1.82) is 0 Å². The molecule has 2 atom stereocenters. The number of anilines is 1. The summed E-state index contributed by atoms with van der Waals surface area (Å²) in [6.45, 7) is 4.49. The van der Waals surface area contributed by atoms with Crippen LogP contribution in [0.25, 0.3) is 0 Å². The van der Waals surface area contributed by atoms with E-state index in [0.29, 0.717) is 12.4 Å². The molecule has 0 bridgehead atoms. The molecule has 1 rings (SSSR count). The van der Waals surface area contributed by atoms with Crippen LogP contribution in [-0.4, -0.2) is 32.2 Å². The lowest BCUT2D eigenvalue weighted by Gasteiger charge is -2.21. The Hall–Kier alpha value is -1.14. The Bertz CT molecular complexity index is 473. The summed E-state index contributed by atoms with van der Waals surface area (Å²) in [5.41, 5.74) is 5.57. The maximum atomic E-state index is 11.6. The average molecular weight is 257 g/mol. The Morgan fingerprint density at radius 3 is 2.65 bits per heavy atom. The van der Waals surface area contributed by atoms with E-state index in [0.717, 1.165) is 0 Å². The summed E-state index contributed by atoms with van der Waals surface area (Å²) in [5, 5.41) is 3.10. The number of hydrogen-bond acceptors (Lipinski definition) is 5. The Balaban J connectivity index is 3.00. The van der Waals surface area contributed by atoms with Crippen LogP contribution in [0.15, 0.2) is 23.2 Å². The van der Waals surface area contributed by atoms with Crippen molar-refractivity contribution in [2.45, 2.75) is 24.8 Å². The van der Waals surface area contributed by atoms with Gasteiger partial charge in [0.15, 0.2) is 9.84 Å². The first-order chi connectivity index (χ1) is 7.86. The highest BCUT2D eigenvalue weighted by atomic mass is 32.2. The summed E-state index contributed by atoms with van der Waals surface area (Å²) in [4.78, 5) is 4.29. The van der Waals surface area contributed by atoms with Gasteiger partial charge in [-0.3, -0.25) is 0 Å². The van der Waals surface area contributed by atoms with Crippen LogP contribution in [0, 0.1) is 5.92 Å². The topological polar surface area (TPSA) is 85.1 Å². The summed E-state index contributed by atoms with van der Waals surface area (Å²) in [6.07, 6.45) is 2.74. The van der Waals surface area contributed by atoms with Gasteiger partial charge in [-0.05, 0) is 31.5 Å². The van der Waals surface area contributed by atoms with Crippen LogP contribution < -0.4 is 11.1 Å². The van der Waals surface area contributed by atoms with Crippen molar-refractivity contribution in [2.75, 3.05) is 18.1 Å². The van der Waals surface area contributed by atoms with Crippen LogP contribution in [0.5, 0.6) is 0 Å². The molecule has 0 saturated heterocycles. The van der Waals surface area contributed by atoms with E-state index in [-0.39, 0.29) is 16.9 Å². The molecule has 0 amide bonds. The van der Waals surface area contributed by atoms with Gasteiger partial charge in [0, 0.05) is 18.5 Å². The first kappa shape index (κ1) is 13.9. The molecule has 0 radical (unpaired) electrons. The minimum absolute atomic E-state index is 0.0652. The van der Waals surface area contributed by atoms with Gasteiger partial charge < -0.3 is 11.1 Å². The number of rotatable bonds is 5. The summed E-state index contributed by atoms with van der Waals surface area (Å²) < 4.78 is 23.1. The number of pyridine rings is 1. The predicted molar refractivity (Wildman–Crippen MR) is 68.6 cm³/mol. The van der Waals surface area contributed by atoms with Gasteiger partial charge in [0.25, 0.3) is 0 Å². The normalized spacial score (nSPS) is 15.3. The van der Waals surface area contributed by atoms with Gasteiger partial charge in [0.05, 0.1) is 0 Å². The summed E-state index contributed by atoms with van der Waals surface area (Å²) >= 11 is 0. The second-order valence-electron chi connectivity index (χ2n) is 4.27. The van der Waals surface area contributed by atoms with Crippen LogP contribution in [-0.2, 0) is 9.84 Å². The molecule has 0 saturated carbocycles. The monoisotopic (exact) mass is 257 g/mol. The molecule has 2 unspecified atom stereocenters. The second-order valence-corrected chi connectivity index (χ2v) is 6.25. The zero-order valence-corrected chi connectivity index (χ0v) is 11.2. The van der Waals surface area contributed by atoms with Crippen LogP contribution in [0.3, 0.4) is 0 Å². The van der Waals surface area contributed by atoms with E-state index < -0.39 is 9.84 Å². The van der Waals surface area contributed by atoms with E-state index in [1.165, 1.54) is 6.26 Å². The Labute approximate surface area is 102 Å². The highest BCUT2D eigenvalue weighted by molar-refractivity contribution is 7.90. The van der Waals surface area contributed by atoms with Crippen LogP contribution in [0.4, 0.5) is 5.82 Å². The maximum absolute atomic E-state index is 11.6. The number of sulfone groups is 1. The third-order valence-electron chi connectivity index (χ3n) is 2.76. The number of nitrogens with one attached hydrogen (secondary N) is 1. The number of hydrogen-bond donors (Lipinski definition) is 2. The van der Waals surface area contributed by atoms with Crippen LogP contribution >= 0.6 is 0 Å². The van der Waals surface area contributed by atoms with Gasteiger partial charge in [0.1, 0.15) is 10.7 Å².